The normalized spacial score (nSPS) is 32.0. The molecule has 1 heterocycles. The lowest BCUT2D eigenvalue weighted by Gasteiger charge is -2.33. The fourth-order valence-electron chi connectivity index (χ4n) is 1.06. The summed E-state index contributed by atoms with van der Waals surface area (Å²) in [7, 11) is 0. The van der Waals surface area contributed by atoms with Gasteiger partial charge in [0.15, 0.2) is 0 Å². The maximum absolute atomic E-state index is 5.62. The molecule has 1 fully saturated rings. The Balaban J connectivity index is 2.46. The van der Waals surface area contributed by atoms with E-state index in [0.717, 1.165) is 12.8 Å². The molecule has 1 rings (SSSR count). The van der Waals surface area contributed by atoms with E-state index in [1.54, 1.807) is 0 Å². The van der Waals surface area contributed by atoms with E-state index in [2.05, 4.69) is 0 Å². The van der Waals surface area contributed by atoms with Crippen LogP contribution in [0, 0.1) is 0 Å². The molecule has 0 bridgehead atoms. The van der Waals surface area contributed by atoms with Crippen molar-refractivity contribution in [3.8, 4) is 0 Å². The van der Waals surface area contributed by atoms with Gasteiger partial charge >= 0.3 is 0 Å². The third-order valence-electron chi connectivity index (χ3n) is 1.75. The summed E-state index contributed by atoms with van der Waals surface area (Å²) >= 11 is 16.8. The molecule has 0 aromatic rings. The van der Waals surface area contributed by atoms with Gasteiger partial charge in [0, 0.05) is 0 Å². The average Bonchev–Trinajstić information content (AvgIpc) is 2.03. The summed E-state index contributed by atoms with van der Waals surface area (Å²) in [5, 5.41) is 0. The Morgan fingerprint density at radius 2 is 2.08 bits per heavy atom. The largest absolute Gasteiger partial charge is 0.348 e. The first-order valence-corrected chi connectivity index (χ1v) is 5.01. The number of hydrogen-bond acceptors (Lipinski definition) is 2. The quantitative estimate of drug-likeness (QED) is 0.649. The first-order valence-electron chi connectivity index (χ1n) is 3.88. The summed E-state index contributed by atoms with van der Waals surface area (Å²) in [6.07, 6.45) is 1.22. The molecular weight excluding hydrogens is 222 g/mol. The Kier molecular flexibility index (Phi) is 3.93. The summed E-state index contributed by atoms with van der Waals surface area (Å²) in [6, 6.07) is 0. The highest BCUT2D eigenvalue weighted by Crippen LogP contribution is 2.35. The third kappa shape index (κ3) is 2.93. The van der Waals surface area contributed by atoms with Crippen molar-refractivity contribution >= 4 is 34.8 Å². The zero-order valence-corrected chi connectivity index (χ0v) is 8.99. The summed E-state index contributed by atoms with van der Waals surface area (Å²) < 4.78 is 9.06. The number of halogens is 3. The smallest absolute Gasteiger partial charge is 0.240 e. The molecule has 0 amide bonds. The SMILES string of the molecule is CCC1CCOC(C(Cl)(Cl)Cl)O1. The van der Waals surface area contributed by atoms with E-state index in [-0.39, 0.29) is 6.10 Å². The van der Waals surface area contributed by atoms with Crippen LogP contribution >= 0.6 is 34.8 Å². The fraction of sp³-hybridized carbons (Fsp3) is 1.00. The molecular formula is C7H11Cl3O2. The maximum atomic E-state index is 5.62. The van der Waals surface area contributed by atoms with Crippen LogP contribution in [0.5, 0.6) is 0 Å². The van der Waals surface area contributed by atoms with Gasteiger partial charge in [-0.1, -0.05) is 41.7 Å². The zero-order chi connectivity index (χ0) is 9.19. The Bertz CT molecular complexity index is 146. The van der Waals surface area contributed by atoms with E-state index >= 15 is 0 Å². The second-order valence-corrected chi connectivity index (χ2v) is 5.07. The second-order valence-electron chi connectivity index (χ2n) is 2.70. The van der Waals surface area contributed by atoms with Gasteiger partial charge in [-0.3, -0.25) is 0 Å². The van der Waals surface area contributed by atoms with Crippen LogP contribution in [0.4, 0.5) is 0 Å². The van der Waals surface area contributed by atoms with Gasteiger partial charge in [0.25, 0.3) is 0 Å². The van der Waals surface area contributed by atoms with Crippen molar-refractivity contribution in [2.45, 2.75) is 36.0 Å². The number of hydrogen-bond donors (Lipinski definition) is 0. The molecule has 0 saturated carbocycles. The molecule has 0 spiro atoms. The van der Waals surface area contributed by atoms with Crippen LogP contribution in [0.2, 0.25) is 0 Å². The van der Waals surface area contributed by atoms with Crippen LogP contribution in [0.1, 0.15) is 19.8 Å². The minimum atomic E-state index is -1.48. The standard InChI is InChI=1S/C7H11Cl3O2/c1-2-5-3-4-11-6(12-5)7(8,9)10/h5-6H,2-4H2,1H3. The van der Waals surface area contributed by atoms with Crippen molar-refractivity contribution in [3.05, 3.63) is 0 Å². The molecule has 1 saturated heterocycles. The molecule has 2 atom stereocenters. The minimum absolute atomic E-state index is 0.152. The molecule has 1 aliphatic rings. The van der Waals surface area contributed by atoms with E-state index in [1.807, 2.05) is 6.92 Å². The predicted octanol–water partition coefficient (Wildman–Crippen LogP) is 2.90. The molecule has 0 aromatic carbocycles. The highest BCUT2D eigenvalue weighted by atomic mass is 35.6. The molecule has 5 heteroatoms. The fourth-order valence-corrected chi connectivity index (χ4v) is 1.40. The van der Waals surface area contributed by atoms with Crippen LogP contribution in [0.15, 0.2) is 0 Å². The van der Waals surface area contributed by atoms with Crippen molar-refractivity contribution in [1.82, 2.24) is 0 Å². The lowest BCUT2D eigenvalue weighted by molar-refractivity contribution is -0.209. The van der Waals surface area contributed by atoms with E-state index in [4.69, 9.17) is 44.3 Å². The monoisotopic (exact) mass is 232 g/mol. The molecule has 2 unspecified atom stereocenters. The van der Waals surface area contributed by atoms with E-state index in [1.165, 1.54) is 0 Å². The summed E-state index contributed by atoms with van der Waals surface area (Å²) in [5.74, 6) is 0. The third-order valence-corrected chi connectivity index (χ3v) is 2.28. The first-order chi connectivity index (χ1) is 5.54. The highest BCUT2D eigenvalue weighted by molar-refractivity contribution is 6.67. The van der Waals surface area contributed by atoms with Crippen molar-refractivity contribution in [1.29, 1.82) is 0 Å². The predicted molar refractivity (Wildman–Crippen MR) is 49.8 cm³/mol. The van der Waals surface area contributed by atoms with Crippen molar-refractivity contribution in [3.63, 3.8) is 0 Å². The van der Waals surface area contributed by atoms with Gasteiger partial charge in [-0.15, -0.1) is 0 Å². The maximum Gasteiger partial charge on any atom is 0.240 e. The summed E-state index contributed by atoms with van der Waals surface area (Å²) in [4.78, 5) is 0. The lowest BCUT2D eigenvalue weighted by Crippen LogP contribution is -2.40. The van der Waals surface area contributed by atoms with Gasteiger partial charge in [0.2, 0.25) is 10.1 Å². The Hall–Kier alpha value is 0.790. The van der Waals surface area contributed by atoms with Crippen LogP contribution < -0.4 is 0 Å². The zero-order valence-electron chi connectivity index (χ0n) is 6.73. The molecule has 72 valence electrons. The van der Waals surface area contributed by atoms with Crippen molar-refractivity contribution in [2.75, 3.05) is 6.61 Å². The van der Waals surface area contributed by atoms with Gasteiger partial charge in [-0.25, -0.2) is 0 Å². The van der Waals surface area contributed by atoms with E-state index in [9.17, 15) is 0 Å². The van der Waals surface area contributed by atoms with Crippen LogP contribution in [-0.2, 0) is 9.47 Å². The number of alkyl halides is 3. The molecule has 0 aliphatic carbocycles. The lowest BCUT2D eigenvalue weighted by atomic mass is 10.2. The van der Waals surface area contributed by atoms with Crippen LogP contribution in [0.3, 0.4) is 0 Å². The molecule has 0 radical (unpaired) electrons. The number of rotatable bonds is 1. The van der Waals surface area contributed by atoms with Gasteiger partial charge in [0.1, 0.15) is 0 Å². The van der Waals surface area contributed by atoms with Crippen molar-refractivity contribution < 1.29 is 9.47 Å². The highest BCUT2D eigenvalue weighted by Gasteiger charge is 2.38. The molecule has 0 aromatic heterocycles. The van der Waals surface area contributed by atoms with Crippen LogP contribution in [0.25, 0.3) is 0 Å². The Labute approximate surface area is 87.1 Å². The van der Waals surface area contributed by atoms with E-state index < -0.39 is 10.1 Å². The summed E-state index contributed by atoms with van der Waals surface area (Å²) in [6.45, 7) is 2.63. The summed E-state index contributed by atoms with van der Waals surface area (Å²) in [5.41, 5.74) is 0. The molecule has 0 N–H and O–H groups in total. The van der Waals surface area contributed by atoms with Gasteiger partial charge in [-0.05, 0) is 12.8 Å². The molecule has 2 nitrogen and oxygen atoms in total. The first kappa shape index (κ1) is 10.9. The van der Waals surface area contributed by atoms with Gasteiger partial charge < -0.3 is 9.47 Å². The molecule has 1 aliphatic heterocycles. The molecule has 12 heavy (non-hydrogen) atoms. The second kappa shape index (κ2) is 4.34. The number of ether oxygens (including phenoxy) is 2. The average molecular weight is 234 g/mol. The Morgan fingerprint density at radius 3 is 2.58 bits per heavy atom. The topological polar surface area (TPSA) is 18.5 Å². The van der Waals surface area contributed by atoms with Crippen molar-refractivity contribution in [2.24, 2.45) is 0 Å². The van der Waals surface area contributed by atoms with Crippen LogP contribution in [-0.4, -0.2) is 22.8 Å². The van der Waals surface area contributed by atoms with E-state index in [0.29, 0.717) is 6.61 Å². The minimum Gasteiger partial charge on any atom is -0.348 e. The van der Waals surface area contributed by atoms with Gasteiger partial charge in [-0.2, -0.15) is 0 Å². The van der Waals surface area contributed by atoms with Gasteiger partial charge in [0.05, 0.1) is 12.7 Å². The Morgan fingerprint density at radius 1 is 1.42 bits per heavy atom.